The van der Waals surface area contributed by atoms with Crippen LogP contribution in [0.15, 0.2) is 5.16 Å². The zero-order valence-electron chi connectivity index (χ0n) is 9.87. The van der Waals surface area contributed by atoms with Crippen LogP contribution in [0.3, 0.4) is 0 Å². The number of rotatable bonds is 5. The van der Waals surface area contributed by atoms with Crippen LogP contribution in [0.4, 0.5) is 0 Å². The van der Waals surface area contributed by atoms with E-state index in [1.54, 1.807) is 6.92 Å². The summed E-state index contributed by atoms with van der Waals surface area (Å²) in [6, 6.07) is 0. The average Bonchev–Trinajstić information content (AvgIpc) is 2.36. The molecule has 100 valence electrons. The molecule has 17 heavy (non-hydrogen) atoms. The van der Waals surface area contributed by atoms with Crippen LogP contribution in [0.2, 0.25) is 0 Å². The Morgan fingerprint density at radius 2 is 2.12 bits per heavy atom. The molecule has 3 N–H and O–H groups in total. The molecule has 0 amide bonds. The largest absolute Gasteiger partial charge is 0.409 e. The molecule has 0 unspecified atom stereocenters. The second kappa shape index (κ2) is 6.18. The van der Waals surface area contributed by atoms with E-state index in [1.165, 1.54) is 4.31 Å². The number of oxime groups is 1. The fourth-order valence-electron chi connectivity index (χ4n) is 1.78. The maximum atomic E-state index is 12.2. The number of nitrogens with two attached hydrogens (primary N) is 1. The van der Waals surface area contributed by atoms with Gasteiger partial charge < -0.3 is 15.7 Å². The zero-order valence-corrected chi connectivity index (χ0v) is 10.7. The van der Waals surface area contributed by atoms with Gasteiger partial charge in [0.2, 0.25) is 10.0 Å². The summed E-state index contributed by atoms with van der Waals surface area (Å²) in [5.41, 5.74) is 5.34. The lowest BCUT2D eigenvalue weighted by molar-refractivity contribution is 0.0973. The number of likely N-dealkylation sites (N-methyl/N-ethyl adjacent to an activating group) is 1. The molecule has 0 radical (unpaired) electrons. The van der Waals surface area contributed by atoms with Crippen LogP contribution in [0.1, 0.15) is 19.8 Å². The molecule has 0 aromatic heterocycles. The molecule has 0 aromatic rings. The SMILES string of the molecule is CCN(CC(N)=NO)S(=O)(=O)C1CCOCC1. The summed E-state index contributed by atoms with van der Waals surface area (Å²) in [6.07, 6.45) is 0.990. The maximum Gasteiger partial charge on any atom is 0.217 e. The Morgan fingerprint density at radius 1 is 1.53 bits per heavy atom. The van der Waals surface area contributed by atoms with Crippen molar-refractivity contribution in [3.05, 3.63) is 0 Å². The summed E-state index contributed by atoms with van der Waals surface area (Å²) in [5.74, 6) is -0.109. The molecule has 1 fully saturated rings. The second-order valence-electron chi connectivity index (χ2n) is 3.87. The predicted molar refractivity (Wildman–Crippen MR) is 63.4 cm³/mol. The molecule has 0 spiro atoms. The number of hydrogen-bond donors (Lipinski definition) is 2. The molecule has 0 saturated carbocycles. The average molecular weight is 265 g/mol. The van der Waals surface area contributed by atoms with Gasteiger partial charge in [0.15, 0.2) is 5.84 Å². The fraction of sp³-hybridized carbons (Fsp3) is 0.889. The Morgan fingerprint density at radius 3 is 2.59 bits per heavy atom. The van der Waals surface area contributed by atoms with Crippen molar-refractivity contribution in [1.82, 2.24) is 4.31 Å². The Labute approximate surface area is 101 Å². The highest BCUT2D eigenvalue weighted by Crippen LogP contribution is 2.19. The van der Waals surface area contributed by atoms with Crippen LogP contribution in [-0.4, -0.2) is 55.3 Å². The molecule has 1 saturated heterocycles. The lowest BCUT2D eigenvalue weighted by Gasteiger charge is -2.28. The molecular formula is C9H19N3O4S. The van der Waals surface area contributed by atoms with E-state index in [1.807, 2.05) is 0 Å². The van der Waals surface area contributed by atoms with Gasteiger partial charge in [-0.15, -0.1) is 0 Å². The van der Waals surface area contributed by atoms with E-state index in [0.717, 1.165) is 0 Å². The number of ether oxygens (including phenoxy) is 1. The topological polar surface area (TPSA) is 105 Å². The summed E-state index contributed by atoms with van der Waals surface area (Å²) in [7, 11) is -3.40. The van der Waals surface area contributed by atoms with Gasteiger partial charge in [-0.3, -0.25) is 0 Å². The van der Waals surface area contributed by atoms with Gasteiger partial charge in [0.1, 0.15) is 0 Å². The van der Waals surface area contributed by atoms with E-state index in [2.05, 4.69) is 5.16 Å². The highest BCUT2D eigenvalue weighted by molar-refractivity contribution is 7.89. The second-order valence-corrected chi connectivity index (χ2v) is 6.09. The quantitative estimate of drug-likeness (QED) is 0.303. The first kappa shape index (κ1) is 14.2. The van der Waals surface area contributed by atoms with Crippen molar-refractivity contribution < 1.29 is 18.4 Å². The number of amidine groups is 1. The molecule has 0 aromatic carbocycles. The summed E-state index contributed by atoms with van der Waals surface area (Å²) in [5, 5.41) is 10.8. The first-order valence-electron chi connectivity index (χ1n) is 5.55. The first-order valence-corrected chi connectivity index (χ1v) is 7.05. The van der Waals surface area contributed by atoms with Gasteiger partial charge in [0.25, 0.3) is 0 Å². The van der Waals surface area contributed by atoms with Crippen LogP contribution >= 0.6 is 0 Å². The molecule has 1 heterocycles. The third-order valence-corrected chi connectivity index (χ3v) is 5.19. The summed E-state index contributed by atoms with van der Waals surface area (Å²) >= 11 is 0. The van der Waals surface area contributed by atoms with Gasteiger partial charge in [-0.05, 0) is 12.8 Å². The monoisotopic (exact) mass is 265 g/mol. The van der Waals surface area contributed by atoms with Gasteiger partial charge in [-0.1, -0.05) is 12.1 Å². The van der Waals surface area contributed by atoms with Crippen LogP contribution in [0.5, 0.6) is 0 Å². The minimum Gasteiger partial charge on any atom is -0.409 e. The van der Waals surface area contributed by atoms with Crippen molar-refractivity contribution >= 4 is 15.9 Å². The van der Waals surface area contributed by atoms with Crippen LogP contribution in [0.25, 0.3) is 0 Å². The molecule has 1 aliphatic heterocycles. The Balaban J connectivity index is 2.77. The van der Waals surface area contributed by atoms with Gasteiger partial charge in [-0.25, -0.2) is 8.42 Å². The lowest BCUT2D eigenvalue weighted by atomic mass is 10.2. The third kappa shape index (κ3) is 3.55. The molecule has 0 aliphatic carbocycles. The first-order chi connectivity index (χ1) is 8.02. The normalized spacial score (nSPS) is 19.8. The summed E-state index contributed by atoms with van der Waals surface area (Å²) in [6.45, 7) is 2.88. The van der Waals surface area contributed by atoms with E-state index >= 15 is 0 Å². The molecule has 0 atom stereocenters. The zero-order chi connectivity index (χ0) is 12.9. The Hall–Kier alpha value is -0.860. The minimum absolute atomic E-state index is 0.0767. The number of hydrogen-bond acceptors (Lipinski definition) is 5. The van der Waals surface area contributed by atoms with E-state index in [0.29, 0.717) is 32.6 Å². The summed E-state index contributed by atoms with van der Waals surface area (Å²) in [4.78, 5) is 0. The van der Waals surface area contributed by atoms with Gasteiger partial charge >= 0.3 is 0 Å². The van der Waals surface area contributed by atoms with Crippen LogP contribution in [0, 0.1) is 0 Å². The number of sulfonamides is 1. The van der Waals surface area contributed by atoms with Gasteiger partial charge in [-0.2, -0.15) is 4.31 Å². The van der Waals surface area contributed by atoms with Crippen LogP contribution in [-0.2, 0) is 14.8 Å². The van der Waals surface area contributed by atoms with Crippen molar-refractivity contribution in [3.8, 4) is 0 Å². The van der Waals surface area contributed by atoms with Gasteiger partial charge in [0.05, 0.1) is 11.8 Å². The molecular weight excluding hydrogens is 246 g/mol. The molecule has 7 nitrogen and oxygen atoms in total. The van der Waals surface area contributed by atoms with Crippen molar-refractivity contribution in [2.75, 3.05) is 26.3 Å². The standard InChI is InChI=1S/C9H19N3O4S/c1-2-12(7-9(10)11-13)17(14,15)8-3-5-16-6-4-8/h8,13H,2-7H2,1H3,(H2,10,11). The van der Waals surface area contributed by atoms with Crippen molar-refractivity contribution in [2.45, 2.75) is 25.0 Å². The molecule has 8 heteroatoms. The maximum absolute atomic E-state index is 12.2. The summed E-state index contributed by atoms with van der Waals surface area (Å²) < 4.78 is 30.9. The van der Waals surface area contributed by atoms with E-state index in [9.17, 15) is 8.42 Å². The van der Waals surface area contributed by atoms with E-state index in [-0.39, 0.29) is 12.4 Å². The molecule has 1 rings (SSSR count). The van der Waals surface area contributed by atoms with Crippen molar-refractivity contribution in [2.24, 2.45) is 10.9 Å². The third-order valence-electron chi connectivity index (χ3n) is 2.77. The van der Waals surface area contributed by atoms with E-state index in [4.69, 9.17) is 15.7 Å². The number of nitrogens with zero attached hydrogens (tertiary/aromatic N) is 2. The van der Waals surface area contributed by atoms with Gasteiger partial charge in [0, 0.05) is 19.8 Å². The smallest absolute Gasteiger partial charge is 0.217 e. The predicted octanol–water partition coefficient (Wildman–Crippen LogP) is -0.436. The fourth-order valence-corrected chi connectivity index (χ4v) is 3.66. The Bertz CT molecular complexity index is 362. The van der Waals surface area contributed by atoms with Crippen LogP contribution < -0.4 is 5.73 Å². The highest BCUT2D eigenvalue weighted by Gasteiger charge is 2.32. The lowest BCUT2D eigenvalue weighted by Crippen LogP contribution is -2.45. The van der Waals surface area contributed by atoms with E-state index < -0.39 is 15.3 Å². The highest BCUT2D eigenvalue weighted by atomic mass is 32.2. The molecule has 1 aliphatic rings. The van der Waals surface area contributed by atoms with Crippen molar-refractivity contribution in [1.29, 1.82) is 0 Å². The van der Waals surface area contributed by atoms with Crippen molar-refractivity contribution in [3.63, 3.8) is 0 Å². The minimum atomic E-state index is -3.40. The molecule has 0 bridgehead atoms. The Kier molecular flexibility index (Phi) is 5.16.